The van der Waals surface area contributed by atoms with Crippen LogP contribution in [0.1, 0.15) is 23.6 Å². The van der Waals surface area contributed by atoms with Gasteiger partial charge in [-0.3, -0.25) is 10.1 Å². The van der Waals surface area contributed by atoms with E-state index in [2.05, 4.69) is 93.0 Å². The van der Waals surface area contributed by atoms with E-state index in [1.807, 2.05) is 24.3 Å². The van der Waals surface area contributed by atoms with Crippen LogP contribution in [0.15, 0.2) is 97.3 Å². The lowest BCUT2D eigenvalue weighted by Crippen LogP contribution is -2.43. The molecule has 1 aliphatic carbocycles. The first kappa shape index (κ1) is 24.9. The van der Waals surface area contributed by atoms with Crippen LogP contribution in [0.2, 0.25) is 5.02 Å². The zero-order valence-corrected chi connectivity index (χ0v) is 22.8. The molecule has 0 aromatic heterocycles. The fourth-order valence-corrected chi connectivity index (χ4v) is 7.29. The van der Waals surface area contributed by atoms with Crippen LogP contribution in [0.5, 0.6) is 0 Å². The van der Waals surface area contributed by atoms with Gasteiger partial charge in [-0.2, -0.15) is 0 Å². The highest BCUT2D eigenvalue weighted by atomic mass is 35.5. The summed E-state index contributed by atoms with van der Waals surface area (Å²) in [6.45, 7) is 4.89. The van der Waals surface area contributed by atoms with Crippen molar-refractivity contribution >= 4 is 23.1 Å². The number of amides is 1. The van der Waals surface area contributed by atoms with E-state index in [-0.39, 0.29) is 24.2 Å². The van der Waals surface area contributed by atoms with Crippen LogP contribution in [0.25, 0.3) is 5.57 Å². The highest BCUT2D eigenvalue weighted by Crippen LogP contribution is 2.38. The molecular weight excluding hydrogens is 504 g/mol. The number of likely N-dealkylation sites (tertiary alicyclic amines) is 2. The zero-order chi connectivity index (χ0) is 26.3. The second-order valence-electron chi connectivity index (χ2n) is 11.6. The average molecular weight is 539 g/mol. The van der Waals surface area contributed by atoms with E-state index < -0.39 is 0 Å². The number of hydrogen-bond donors (Lipinski definition) is 1. The molecule has 7 rings (SSSR count). The minimum absolute atomic E-state index is 0.0179. The quantitative estimate of drug-likeness (QED) is 0.574. The Labute approximate surface area is 236 Å². The molecule has 2 aromatic carbocycles. The number of halogens is 1. The van der Waals surface area contributed by atoms with Gasteiger partial charge in [-0.25, -0.2) is 0 Å². The summed E-state index contributed by atoms with van der Waals surface area (Å²) in [5, 5.41) is 4.66. The summed E-state index contributed by atoms with van der Waals surface area (Å²) >= 11 is 6.24. The number of rotatable bonds is 5. The smallest absolute Gasteiger partial charge is 0.229 e. The fraction of sp³-hybridized carbons (Fsp3) is 0.364. The SMILES string of the molecule is O=C(C1C=CC=CC1)N1CC2CN(CC3C(c4ccc(Cl)cc4)NC4C=CC(c5ccccc5)=CN43)CC2C1. The molecule has 3 saturated heterocycles. The van der Waals surface area contributed by atoms with Crippen molar-refractivity contribution in [3.05, 3.63) is 113 Å². The molecule has 0 radical (unpaired) electrons. The third-order valence-electron chi connectivity index (χ3n) is 9.14. The van der Waals surface area contributed by atoms with Crippen molar-refractivity contribution in [1.82, 2.24) is 20.0 Å². The Morgan fingerprint density at radius 1 is 0.923 bits per heavy atom. The van der Waals surface area contributed by atoms with E-state index in [9.17, 15) is 4.79 Å². The standard InChI is InChI=1S/C33H35ClN4O/c34-29-14-11-24(12-15-29)32-30(38-21-26(13-16-31(38)35-32)23-7-3-1-4-8-23)22-36-17-27-19-37(20-28(27)18-36)33(39)25-9-5-2-6-10-25/h1-9,11-16,21,25,27-28,30-32,35H,10,17-20,22H2. The molecule has 39 heavy (non-hydrogen) atoms. The Bertz CT molecular complexity index is 1320. The molecule has 0 saturated carbocycles. The van der Waals surface area contributed by atoms with Crippen LogP contribution < -0.4 is 5.32 Å². The summed E-state index contributed by atoms with van der Waals surface area (Å²) in [7, 11) is 0. The number of hydrogen-bond acceptors (Lipinski definition) is 4. The Morgan fingerprint density at radius 2 is 1.69 bits per heavy atom. The van der Waals surface area contributed by atoms with Crippen molar-refractivity contribution in [2.24, 2.45) is 17.8 Å². The van der Waals surface area contributed by atoms with Gasteiger partial charge < -0.3 is 14.7 Å². The minimum atomic E-state index is 0.0179. The molecule has 200 valence electrons. The lowest BCUT2D eigenvalue weighted by atomic mass is 9.98. The van der Waals surface area contributed by atoms with Crippen molar-refractivity contribution in [1.29, 1.82) is 0 Å². The summed E-state index contributed by atoms with van der Waals surface area (Å²) < 4.78 is 0. The minimum Gasteiger partial charge on any atom is -0.352 e. The molecule has 5 nitrogen and oxygen atoms in total. The lowest BCUT2D eigenvalue weighted by molar-refractivity contribution is -0.133. The predicted molar refractivity (Wildman–Crippen MR) is 157 cm³/mol. The predicted octanol–water partition coefficient (Wildman–Crippen LogP) is 5.11. The maximum Gasteiger partial charge on any atom is 0.229 e. The summed E-state index contributed by atoms with van der Waals surface area (Å²) in [6, 6.07) is 19.4. The van der Waals surface area contributed by atoms with Gasteiger partial charge in [0, 0.05) is 43.9 Å². The first-order valence-corrected chi connectivity index (χ1v) is 14.6. The summed E-state index contributed by atoms with van der Waals surface area (Å²) in [4.78, 5) is 20.4. The normalized spacial score (nSPS) is 31.5. The van der Waals surface area contributed by atoms with E-state index in [0.29, 0.717) is 17.7 Å². The molecule has 2 aromatic rings. The summed E-state index contributed by atoms with van der Waals surface area (Å²) in [5.74, 6) is 1.45. The number of carbonyl (C=O) groups is 1. The monoisotopic (exact) mass is 538 g/mol. The summed E-state index contributed by atoms with van der Waals surface area (Å²) in [5.41, 5.74) is 3.76. The molecule has 1 N–H and O–H groups in total. The van der Waals surface area contributed by atoms with Crippen molar-refractivity contribution in [3.63, 3.8) is 0 Å². The molecule has 4 heterocycles. The van der Waals surface area contributed by atoms with Gasteiger partial charge in [-0.1, -0.05) is 84.4 Å². The van der Waals surface area contributed by atoms with Crippen molar-refractivity contribution in [2.75, 3.05) is 32.7 Å². The molecule has 6 atom stereocenters. The van der Waals surface area contributed by atoms with E-state index in [4.69, 9.17) is 11.6 Å². The third kappa shape index (κ3) is 4.88. The molecule has 0 bridgehead atoms. The van der Waals surface area contributed by atoms with Crippen LogP contribution in [0.3, 0.4) is 0 Å². The molecule has 6 unspecified atom stereocenters. The van der Waals surface area contributed by atoms with Crippen molar-refractivity contribution in [2.45, 2.75) is 24.7 Å². The molecular formula is C33H35ClN4O. The number of fused-ring (bicyclic) bond motifs is 2. The first-order valence-electron chi connectivity index (χ1n) is 14.2. The van der Waals surface area contributed by atoms with Gasteiger partial charge in [0.1, 0.15) is 0 Å². The van der Waals surface area contributed by atoms with Gasteiger partial charge in [0.15, 0.2) is 0 Å². The van der Waals surface area contributed by atoms with Crippen molar-refractivity contribution in [3.8, 4) is 0 Å². The van der Waals surface area contributed by atoms with Gasteiger partial charge in [-0.05, 0) is 53.2 Å². The average Bonchev–Trinajstić information content (AvgIpc) is 3.66. The number of benzene rings is 2. The molecule has 1 amide bonds. The number of carbonyl (C=O) groups excluding carboxylic acids is 1. The summed E-state index contributed by atoms with van der Waals surface area (Å²) in [6.07, 6.45) is 16.1. The Balaban J connectivity index is 1.08. The molecule has 6 heteroatoms. The zero-order valence-electron chi connectivity index (χ0n) is 22.1. The number of nitrogens with zero attached hydrogens (tertiary/aromatic N) is 3. The van der Waals surface area contributed by atoms with E-state index in [1.165, 1.54) is 16.7 Å². The number of allylic oxidation sites excluding steroid dienone is 5. The highest BCUT2D eigenvalue weighted by molar-refractivity contribution is 6.30. The third-order valence-corrected chi connectivity index (χ3v) is 9.39. The maximum atomic E-state index is 13.1. The van der Waals surface area contributed by atoms with Gasteiger partial charge in [0.25, 0.3) is 0 Å². The Kier molecular flexibility index (Phi) is 6.67. The largest absolute Gasteiger partial charge is 0.352 e. The van der Waals surface area contributed by atoms with Gasteiger partial charge >= 0.3 is 0 Å². The number of nitrogens with one attached hydrogen (secondary N) is 1. The molecule has 3 fully saturated rings. The molecule has 5 aliphatic rings. The van der Waals surface area contributed by atoms with Crippen LogP contribution in [0, 0.1) is 17.8 Å². The lowest BCUT2D eigenvalue weighted by Gasteiger charge is -2.34. The van der Waals surface area contributed by atoms with Gasteiger partial charge in [0.05, 0.1) is 24.2 Å². The van der Waals surface area contributed by atoms with Crippen LogP contribution >= 0.6 is 11.6 Å². The maximum absolute atomic E-state index is 13.1. The highest BCUT2D eigenvalue weighted by Gasteiger charge is 2.46. The Hall–Kier alpha value is -3.12. The first-order chi connectivity index (χ1) is 19.1. The van der Waals surface area contributed by atoms with Gasteiger partial charge in [-0.15, -0.1) is 0 Å². The topological polar surface area (TPSA) is 38.8 Å². The van der Waals surface area contributed by atoms with Crippen molar-refractivity contribution < 1.29 is 4.79 Å². The van der Waals surface area contributed by atoms with Crippen LogP contribution in [-0.2, 0) is 4.79 Å². The Morgan fingerprint density at radius 3 is 2.41 bits per heavy atom. The fourth-order valence-electron chi connectivity index (χ4n) is 7.16. The van der Waals surface area contributed by atoms with E-state index >= 15 is 0 Å². The molecule has 0 spiro atoms. The van der Waals surface area contributed by atoms with Crippen LogP contribution in [-0.4, -0.2) is 65.5 Å². The van der Waals surface area contributed by atoms with E-state index in [1.54, 1.807) is 0 Å². The van der Waals surface area contributed by atoms with Gasteiger partial charge in [0.2, 0.25) is 5.91 Å². The van der Waals surface area contributed by atoms with Crippen LogP contribution in [0.4, 0.5) is 0 Å². The molecule has 4 aliphatic heterocycles. The second kappa shape index (κ2) is 10.5. The second-order valence-corrected chi connectivity index (χ2v) is 12.0. The van der Waals surface area contributed by atoms with E-state index in [0.717, 1.165) is 44.2 Å².